The van der Waals surface area contributed by atoms with Crippen molar-refractivity contribution in [3.8, 4) is 11.5 Å². The molecular weight excluding hydrogens is 830 g/mol. The summed E-state index contributed by atoms with van der Waals surface area (Å²) in [6, 6.07) is 30.9. The molecule has 4 amide bonds. The lowest BCUT2D eigenvalue weighted by molar-refractivity contribution is -0.123. The van der Waals surface area contributed by atoms with Crippen molar-refractivity contribution >= 4 is 47.4 Å². The number of aryl methyl sites for hydroxylation is 2. The molecule has 5 rings (SSSR count). The van der Waals surface area contributed by atoms with Crippen LogP contribution in [0.3, 0.4) is 0 Å². The van der Waals surface area contributed by atoms with Crippen LogP contribution in [0.25, 0.3) is 10.8 Å². The van der Waals surface area contributed by atoms with Gasteiger partial charge in [-0.05, 0) is 110 Å². The number of imide groups is 1. The first-order valence-electron chi connectivity index (χ1n) is 21.5. The van der Waals surface area contributed by atoms with E-state index in [4.69, 9.17) is 14.2 Å². The van der Waals surface area contributed by atoms with Crippen LogP contribution in [-0.4, -0.2) is 95.5 Å². The average molecular weight is 892 g/mol. The molecule has 0 fully saturated rings. The quantitative estimate of drug-likeness (QED) is 0.0259. The largest absolute Gasteiger partial charge is 0.457 e. The maximum Gasteiger partial charge on any atom is 0.263 e. The van der Waals surface area contributed by atoms with E-state index in [-0.39, 0.29) is 5.91 Å². The van der Waals surface area contributed by atoms with E-state index >= 15 is 0 Å². The van der Waals surface area contributed by atoms with Crippen molar-refractivity contribution in [3.05, 3.63) is 149 Å². The summed E-state index contributed by atoms with van der Waals surface area (Å²) >= 11 is 0. The van der Waals surface area contributed by atoms with Crippen LogP contribution in [0.5, 0.6) is 11.5 Å². The maximum absolute atomic E-state index is 13.1. The Balaban J connectivity index is 0.000000326. The number of ether oxygens (including phenoxy) is 3. The molecule has 65 heavy (non-hydrogen) atoms. The zero-order valence-corrected chi connectivity index (χ0v) is 37.8. The summed E-state index contributed by atoms with van der Waals surface area (Å²) in [5.74, 6) is 0.682. The Morgan fingerprint density at radius 2 is 1.51 bits per heavy atom. The van der Waals surface area contributed by atoms with Gasteiger partial charge in [-0.25, -0.2) is 4.39 Å². The summed E-state index contributed by atoms with van der Waals surface area (Å²) in [7, 11) is 3.75. The van der Waals surface area contributed by atoms with Crippen molar-refractivity contribution in [2.75, 3.05) is 58.9 Å². The van der Waals surface area contributed by atoms with Crippen LogP contribution < -0.4 is 26.0 Å². The Kier molecular flexibility index (Phi) is 24.6. The Labute approximate surface area is 381 Å². The van der Waals surface area contributed by atoms with Crippen LogP contribution in [0.1, 0.15) is 62.7 Å². The number of nitrogens with one attached hydrogen (secondary N) is 4. The van der Waals surface area contributed by atoms with E-state index in [0.717, 1.165) is 27.7 Å². The fourth-order valence-corrected chi connectivity index (χ4v) is 6.34. The highest BCUT2D eigenvalue weighted by Gasteiger charge is 2.27. The number of alkyl halides is 1. The number of aldehydes is 1. The van der Waals surface area contributed by atoms with Crippen molar-refractivity contribution < 1.29 is 42.6 Å². The topological polar surface area (TPSA) is 164 Å². The lowest BCUT2D eigenvalue weighted by atomic mass is 10.0. The van der Waals surface area contributed by atoms with Crippen LogP contribution in [0.2, 0.25) is 0 Å². The minimum absolute atomic E-state index is 0.114. The Hall–Kier alpha value is -6.74. The van der Waals surface area contributed by atoms with Gasteiger partial charge in [0.1, 0.15) is 24.5 Å². The normalized spacial score (nSPS) is 10.8. The van der Waals surface area contributed by atoms with Gasteiger partial charge in [0.25, 0.3) is 11.8 Å². The molecule has 0 aliphatic heterocycles. The first-order chi connectivity index (χ1) is 31.7. The first kappa shape index (κ1) is 52.6. The number of amides is 4. The SMILES string of the molecule is C=CCCC(C=O)N(C=O)C(=O)c1c(C)cccc1NCCOCCOCCNC=O.CCc1cccc(CNC(=O)c2ccc3c(Oc4ccc(CF)cc4)cccc3c2)c1.CNC. The fourth-order valence-electron chi connectivity index (χ4n) is 6.34. The number of carbonyl (C=O) groups is 5. The van der Waals surface area contributed by atoms with Crippen LogP contribution >= 0.6 is 0 Å². The predicted octanol–water partition coefficient (Wildman–Crippen LogP) is 7.75. The molecule has 0 bridgehead atoms. The summed E-state index contributed by atoms with van der Waals surface area (Å²) in [5, 5.41) is 13.2. The molecule has 0 aliphatic rings. The molecule has 0 aromatic heterocycles. The highest BCUT2D eigenvalue weighted by Crippen LogP contribution is 2.31. The van der Waals surface area contributed by atoms with Gasteiger partial charge in [0.05, 0.1) is 38.0 Å². The van der Waals surface area contributed by atoms with Crippen molar-refractivity contribution in [1.82, 2.24) is 20.9 Å². The molecular formula is C51H62FN5O8. The molecule has 0 radical (unpaired) electrons. The number of benzene rings is 5. The maximum atomic E-state index is 13.1. The average Bonchev–Trinajstić information content (AvgIpc) is 3.33. The molecule has 0 aliphatic carbocycles. The number of fused-ring (bicyclic) bond motifs is 1. The van der Waals surface area contributed by atoms with Gasteiger partial charge in [-0.2, -0.15) is 0 Å². The van der Waals surface area contributed by atoms with E-state index in [1.54, 1.807) is 61.5 Å². The Morgan fingerprint density at radius 1 is 0.815 bits per heavy atom. The molecule has 346 valence electrons. The molecule has 5 aromatic rings. The number of anilines is 1. The van der Waals surface area contributed by atoms with Crippen molar-refractivity contribution in [3.63, 3.8) is 0 Å². The number of nitrogens with zero attached hydrogens (tertiary/aromatic N) is 1. The van der Waals surface area contributed by atoms with Gasteiger partial charge in [0.15, 0.2) is 0 Å². The summed E-state index contributed by atoms with van der Waals surface area (Å²) in [6.07, 6.45) is 5.06. The Morgan fingerprint density at radius 3 is 2.17 bits per heavy atom. The van der Waals surface area contributed by atoms with Gasteiger partial charge in [-0.1, -0.05) is 73.7 Å². The zero-order chi connectivity index (χ0) is 47.2. The fraction of sp³-hybridized carbons (Fsp3) is 0.314. The number of halogens is 1. The van der Waals surface area contributed by atoms with Crippen LogP contribution in [0, 0.1) is 6.92 Å². The second kappa shape index (κ2) is 30.4. The number of carbonyl (C=O) groups excluding carboxylic acids is 5. The molecule has 0 saturated heterocycles. The molecule has 0 saturated carbocycles. The minimum Gasteiger partial charge on any atom is -0.457 e. The second-order valence-corrected chi connectivity index (χ2v) is 14.5. The molecule has 14 heteroatoms. The van der Waals surface area contributed by atoms with Crippen LogP contribution in [0.4, 0.5) is 10.1 Å². The number of hydrogen-bond acceptors (Lipinski definition) is 10. The predicted molar refractivity (Wildman–Crippen MR) is 254 cm³/mol. The number of rotatable bonds is 25. The van der Waals surface area contributed by atoms with E-state index in [0.29, 0.717) is 117 Å². The van der Waals surface area contributed by atoms with Crippen molar-refractivity contribution in [1.29, 1.82) is 0 Å². The smallest absolute Gasteiger partial charge is 0.263 e. The monoisotopic (exact) mass is 891 g/mol. The van der Waals surface area contributed by atoms with E-state index in [2.05, 4.69) is 46.9 Å². The van der Waals surface area contributed by atoms with Gasteiger partial charge >= 0.3 is 0 Å². The van der Waals surface area contributed by atoms with E-state index < -0.39 is 18.6 Å². The van der Waals surface area contributed by atoms with Gasteiger partial charge in [0, 0.05) is 36.3 Å². The zero-order valence-electron chi connectivity index (χ0n) is 37.8. The van der Waals surface area contributed by atoms with Crippen LogP contribution in [0.15, 0.2) is 116 Å². The second-order valence-electron chi connectivity index (χ2n) is 14.5. The lowest BCUT2D eigenvalue weighted by Crippen LogP contribution is -2.41. The highest BCUT2D eigenvalue weighted by atomic mass is 19.1. The number of allylic oxidation sites excluding steroid dienone is 1. The third-order valence-corrected chi connectivity index (χ3v) is 9.68. The van der Waals surface area contributed by atoms with Gasteiger partial charge in [0.2, 0.25) is 12.8 Å². The van der Waals surface area contributed by atoms with E-state index in [1.807, 2.05) is 56.6 Å². The third-order valence-electron chi connectivity index (χ3n) is 9.68. The van der Waals surface area contributed by atoms with Crippen LogP contribution in [-0.2, 0) is 43.5 Å². The third kappa shape index (κ3) is 17.7. The van der Waals surface area contributed by atoms with Gasteiger partial charge in [-0.15, -0.1) is 6.58 Å². The molecule has 13 nitrogen and oxygen atoms in total. The lowest BCUT2D eigenvalue weighted by Gasteiger charge is -2.24. The molecule has 0 spiro atoms. The summed E-state index contributed by atoms with van der Waals surface area (Å²) in [6.45, 7) is 9.96. The van der Waals surface area contributed by atoms with Crippen molar-refractivity contribution in [2.24, 2.45) is 0 Å². The first-order valence-corrected chi connectivity index (χ1v) is 21.5. The van der Waals surface area contributed by atoms with Gasteiger partial charge < -0.3 is 40.3 Å². The molecule has 5 aromatic carbocycles. The summed E-state index contributed by atoms with van der Waals surface area (Å²) < 4.78 is 29.5. The molecule has 1 atom stereocenters. The molecule has 0 heterocycles. The summed E-state index contributed by atoms with van der Waals surface area (Å²) in [5.41, 5.74) is 5.14. The van der Waals surface area contributed by atoms with E-state index in [1.165, 1.54) is 5.56 Å². The van der Waals surface area contributed by atoms with Crippen molar-refractivity contribution in [2.45, 2.75) is 52.4 Å². The van der Waals surface area contributed by atoms with E-state index in [9.17, 15) is 28.4 Å². The summed E-state index contributed by atoms with van der Waals surface area (Å²) in [4.78, 5) is 59.8. The molecule has 4 N–H and O–H groups in total. The minimum atomic E-state index is -0.847. The van der Waals surface area contributed by atoms with Gasteiger partial charge in [-0.3, -0.25) is 24.1 Å². The number of hydrogen-bond donors (Lipinski definition) is 4. The highest BCUT2D eigenvalue weighted by molar-refractivity contribution is 6.06. The Bertz CT molecular complexity index is 2250. The standard InChI is InChI=1S/C27H24FNO2.C22H31N3O6.C2H7N/c1-2-19-5-3-6-21(15-19)18-29-27(30)23-11-14-25-22(16-23)7-4-8-26(25)31-24-12-9-20(17-28)10-13-24;1-3-4-7-19(15-26)25(17-28)22(29)21-18(2)6-5-8-20(21)24-10-12-31-14-13-30-11-9-23-16-27;1-3-2/h3-16H,2,17-18H2,1H3,(H,29,30);3,5-6,8,15-17,19,24H,1,4,7,9-14H2,2H3,(H,23,27);3H,1-2H3. The molecule has 1 unspecified atom stereocenters.